The number of methoxy groups -OCH3 is 2. The van der Waals surface area contributed by atoms with Crippen molar-refractivity contribution in [1.29, 1.82) is 0 Å². The quantitative estimate of drug-likeness (QED) is 0.230. The first-order valence-corrected chi connectivity index (χ1v) is 16.8. The molecule has 1 fully saturated rings. The minimum atomic E-state index is -1.80. The number of anilines is 1. The highest BCUT2D eigenvalue weighted by atomic mass is 35.5. The Labute approximate surface area is 242 Å². The fourth-order valence-corrected chi connectivity index (χ4v) is 5.88. The molecule has 1 saturated carbocycles. The Morgan fingerprint density at radius 1 is 1.02 bits per heavy atom. The van der Waals surface area contributed by atoms with Crippen LogP contribution in [0.2, 0.25) is 23.2 Å². The summed E-state index contributed by atoms with van der Waals surface area (Å²) in [5.74, 6) is 1.67. The number of hydrogen-bond acceptors (Lipinski definition) is 7. The second-order valence-electron chi connectivity index (χ2n) is 11.8. The minimum Gasteiger partial charge on any atom is -0.497 e. The van der Waals surface area contributed by atoms with Crippen molar-refractivity contribution in [2.45, 2.75) is 64.4 Å². The highest BCUT2D eigenvalue weighted by Gasteiger charge is 2.42. The van der Waals surface area contributed by atoms with E-state index in [1.165, 1.54) is 18.2 Å². The molecule has 0 radical (unpaired) electrons. The molecule has 0 atom stereocenters. The van der Waals surface area contributed by atoms with Crippen LogP contribution in [0.3, 0.4) is 0 Å². The summed E-state index contributed by atoms with van der Waals surface area (Å²) in [4.78, 5) is 0. The smallest absolute Gasteiger partial charge is 0.257 e. The van der Waals surface area contributed by atoms with Crippen molar-refractivity contribution in [3.8, 4) is 28.6 Å². The number of nitrogens with one attached hydrogen (secondary N) is 1. The van der Waals surface area contributed by atoms with Crippen molar-refractivity contribution in [1.82, 2.24) is 10.2 Å². The Morgan fingerprint density at radius 2 is 1.77 bits per heavy atom. The van der Waals surface area contributed by atoms with Crippen molar-refractivity contribution < 1.29 is 23.0 Å². The van der Waals surface area contributed by atoms with Gasteiger partial charge in [-0.3, -0.25) is 0 Å². The fourth-order valence-electron chi connectivity index (χ4n) is 4.32. The largest absolute Gasteiger partial charge is 0.497 e. The van der Waals surface area contributed by atoms with Crippen molar-refractivity contribution >= 4 is 25.6 Å². The van der Waals surface area contributed by atoms with Gasteiger partial charge in [0, 0.05) is 34.9 Å². The van der Waals surface area contributed by atoms with Crippen LogP contribution in [0.1, 0.15) is 39.2 Å². The molecule has 0 unspecified atom stereocenters. The third-order valence-electron chi connectivity index (χ3n) is 7.84. The number of benzene rings is 2. The topological polar surface area (TPSA) is 74.7 Å². The highest BCUT2D eigenvalue weighted by molar-refractivity contribution is 6.74. The minimum absolute atomic E-state index is 0.182. The molecule has 0 spiro atoms. The first kappa shape index (κ1) is 30.1. The van der Waals surface area contributed by atoms with Crippen LogP contribution in [0.5, 0.6) is 17.4 Å². The second-order valence-corrected chi connectivity index (χ2v) is 16.9. The molecule has 1 aliphatic carbocycles. The number of rotatable bonds is 11. The third-order valence-corrected chi connectivity index (χ3v) is 12.6. The van der Waals surface area contributed by atoms with E-state index in [2.05, 4.69) is 49.4 Å². The highest BCUT2D eigenvalue weighted by Crippen LogP contribution is 2.42. The second kappa shape index (κ2) is 12.3. The molecule has 2 aromatic carbocycles. The molecular weight excluding hydrogens is 549 g/mol. The summed E-state index contributed by atoms with van der Waals surface area (Å²) in [6, 6.07) is 11.7. The average Bonchev–Trinajstić information content (AvgIpc) is 2.89. The Morgan fingerprint density at radius 3 is 2.45 bits per heavy atom. The van der Waals surface area contributed by atoms with Crippen molar-refractivity contribution in [3.05, 3.63) is 58.9 Å². The lowest BCUT2D eigenvalue weighted by Crippen LogP contribution is -2.48. The van der Waals surface area contributed by atoms with Crippen LogP contribution in [0.15, 0.2) is 42.5 Å². The molecule has 4 rings (SSSR count). The average molecular weight is 588 g/mol. The molecule has 1 heterocycles. The van der Waals surface area contributed by atoms with Crippen LogP contribution >= 0.6 is 11.6 Å². The summed E-state index contributed by atoms with van der Waals surface area (Å²) in [7, 11) is 1.42. The van der Waals surface area contributed by atoms with Gasteiger partial charge in [-0.2, -0.15) is 0 Å². The van der Waals surface area contributed by atoms with E-state index in [9.17, 15) is 4.39 Å². The molecule has 3 aromatic rings. The van der Waals surface area contributed by atoms with Gasteiger partial charge >= 0.3 is 0 Å². The van der Waals surface area contributed by atoms with Gasteiger partial charge in [0.15, 0.2) is 8.32 Å². The van der Waals surface area contributed by atoms with Gasteiger partial charge in [-0.05, 0) is 73.3 Å². The first-order valence-electron chi connectivity index (χ1n) is 13.5. The van der Waals surface area contributed by atoms with Crippen LogP contribution in [0, 0.1) is 11.7 Å². The predicted molar refractivity (Wildman–Crippen MR) is 160 cm³/mol. The Kier molecular flexibility index (Phi) is 9.27. The van der Waals surface area contributed by atoms with Crippen LogP contribution in [0.25, 0.3) is 11.3 Å². The summed E-state index contributed by atoms with van der Waals surface area (Å²) in [6.07, 6.45) is 2.18. The number of ether oxygens (including phenoxy) is 3. The monoisotopic (exact) mass is 587 g/mol. The standard InChI is InChI=1S/C30H39ClFN3O4Si/c1-30(2,3)40(6,7)39-23-12-19(13-23)18-38-29-27(33-17-20-8-10-22(36-4)15-28(20)37-5)16-26(34-35-29)24-14-21(31)9-11-25(24)32/h8-11,14-16,19,23H,12-13,17-18H2,1-7H3,(H,33,34). The maximum atomic E-state index is 14.6. The van der Waals surface area contributed by atoms with Crippen molar-refractivity contribution in [2.24, 2.45) is 5.92 Å². The zero-order valence-electron chi connectivity index (χ0n) is 24.3. The Bertz CT molecular complexity index is 1330. The van der Waals surface area contributed by atoms with Gasteiger partial charge in [0.05, 0.1) is 26.5 Å². The van der Waals surface area contributed by atoms with Gasteiger partial charge in [-0.25, -0.2) is 4.39 Å². The first-order chi connectivity index (χ1) is 18.9. The maximum absolute atomic E-state index is 14.6. The Balaban J connectivity index is 1.50. The lowest BCUT2D eigenvalue weighted by atomic mass is 9.83. The van der Waals surface area contributed by atoms with E-state index in [0.717, 1.165) is 18.4 Å². The number of aromatic nitrogens is 2. The van der Waals surface area contributed by atoms with Gasteiger partial charge in [-0.1, -0.05) is 32.4 Å². The summed E-state index contributed by atoms with van der Waals surface area (Å²) in [5, 5.41) is 12.6. The zero-order chi connectivity index (χ0) is 29.1. The van der Waals surface area contributed by atoms with E-state index in [-0.39, 0.29) is 16.7 Å². The number of halogens is 2. The summed E-state index contributed by atoms with van der Waals surface area (Å²) < 4.78 is 38.2. The van der Waals surface area contributed by atoms with Crippen LogP contribution < -0.4 is 19.5 Å². The fraction of sp³-hybridized carbons (Fsp3) is 0.467. The molecule has 1 aliphatic rings. The van der Waals surface area contributed by atoms with Gasteiger partial charge in [0.25, 0.3) is 5.88 Å². The molecule has 1 aromatic heterocycles. The zero-order valence-corrected chi connectivity index (χ0v) is 26.1. The molecule has 1 N–H and O–H groups in total. The molecule has 0 saturated heterocycles. The SMILES string of the molecule is COc1ccc(CNc2cc(-c3cc(Cl)ccc3F)nnc2OCC2CC(O[Si](C)(C)C(C)(C)C)C2)c(OC)c1. The molecule has 10 heteroatoms. The van der Waals surface area contributed by atoms with Crippen LogP contribution in [0.4, 0.5) is 10.1 Å². The van der Waals surface area contributed by atoms with Crippen molar-refractivity contribution in [3.63, 3.8) is 0 Å². The number of nitrogens with zero attached hydrogens (tertiary/aromatic N) is 2. The molecule has 7 nitrogen and oxygen atoms in total. The van der Waals surface area contributed by atoms with E-state index < -0.39 is 14.1 Å². The van der Waals surface area contributed by atoms with E-state index >= 15 is 0 Å². The maximum Gasteiger partial charge on any atom is 0.257 e. The van der Waals surface area contributed by atoms with Gasteiger partial charge in [-0.15, -0.1) is 10.2 Å². The lowest BCUT2D eigenvalue weighted by molar-refractivity contribution is 0.0279. The van der Waals surface area contributed by atoms with Gasteiger partial charge in [0.1, 0.15) is 23.0 Å². The predicted octanol–water partition coefficient (Wildman–Crippen LogP) is 7.74. The third kappa shape index (κ3) is 7.05. The lowest BCUT2D eigenvalue weighted by Gasteiger charge is -2.44. The molecule has 40 heavy (non-hydrogen) atoms. The number of hydrogen-bond donors (Lipinski definition) is 1. The van der Waals surface area contributed by atoms with Gasteiger partial charge < -0.3 is 24.0 Å². The van der Waals surface area contributed by atoms with E-state index in [1.54, 1.807) is 20.3 Å². The Hall–Kier alpha value is -2.88. The normalized spacial score (nSPS) is 17.2. The molecule has 216 valence electrons. The van der Waals surface area contributed by atoms with Crippen LogP contribution in [-0.4, -0.2) is 45.4 Å². The van der Waals surface area contributed by atoms with Crippen molar-refractivity contribution in [2.75, 3.05) is 26.1 Å². The van der Waals surface area contributed by atoms with Gasteiger partial charge in [0.2, 0.25) is 0 Å². The van der Waals surface area contributed by atoms with E-state index in [0.29, 0.717) is 52.9 Å². The summed E-state index contributed by atoms with van der Waals surface area (Å²) in [5.41, 5.74) is 2.12. The molecule has 0 aliphatic heterocycles. The molecule has 0 bridgehead atoms. The van der Waals surface area contributed by atoms with E-state index in [1.807, 2.05) is 18.2 Å². The summed E-state index contributed by atoms with van der Waals surface area (Å²) in [6.45, 7) is 12.2. The summed E-state index contributed by atoms with van der Waals surface area (Å²) >= 11 is 6.13. The molecule has 0 amide bonds. The van der Waals surface area contributed by atoms with Crippen LogP contribution in [-0.2, 0) is 11.0 Å². The molecular formula is C30H39ClFN3O4Si. The van der Waals surface area contributed by atoms with E-state index in [4.69, 9.17) is 30.2 Å².